The number of rotatable bonds is 16. The second-order valence-corrected chi connectivity index (χ2v) is 19.3. The molecule has 0 aromatic carbocycles. The van der Waals surface area contributed by atoms with Crippen LogP contribution in [0.25, 0.3) is 0 Å². The van der Waals surface area contributed by atoms with E-state index in [1.165, 1.54) is 51.4 Å². The second-order valence-electron chi connectivity index (χ2n) is 7.33. The van der Waals surface area contributed by atoms with E-state index < -0.39 is 21.4 Å². The Morgan fingerprint density at radius 1 is 0.783 bits per heavy atom. The monoisotopic (exact) mass is 413 g/mol. The van der Waals surface area contributed by atoms with E-state index in [1.807, 2.05) is 0 Å². The number of unbranched alkanes of at least 4 members (excludes halogenated alkanes) is 9. The molecule has 0 saturated heterocycles. The van der Waals surface area contributed by atoms with Gasteiger partial charge in [-0.05, 0) is 0 Å². The summed E-state index contributed by atoms with van der Waals surface area (Å²) in [6, 6.07) is 0. The Kier molecular flexibility index (Phi) is 14.3. The van der Waals surface area contributed by atoms with Crippen LogP contribution in [-0.2, 0) is 13.6 Å². The summed E-state index contributed by atoms with van der Waals surface area (Å²) in [5.74, 6) is 0. The van der Waals surface area contributed by atoms with Crippen molar-refractivity contribution in [2.24, 2.45) is 0 Å². The summed E-state index contributed by atoms with van der Waals surface area (Å²) >= 11 is -1.55. The van der Waals surface area contributed by atoms with Gasteiger partial charge < -0.3 is 0 Å². The van der Waals surface area contributed by atoms with E-state index in [0.29, 0.717) is 13.2 Å². The van der Waals surface area contributed by atoms with Gasteiger partial charge in [0.15, 0.2) is 0 Å². The number of hydrogen-bond donors (Lipinski definition) is 1. The number of phosphoric ester groups is 1. The van der Waals surface area contributed by atoms with E-state index in [2.05, 4.69) is 24.1 Å². The maximum atomic E-state index is 11.7. The molecule has 1 atom stereocenters. The average Bonchev–Trinajstić information content (AvgIpc) is 2.43. The summed E-state index contributed by atoms with van der Waals surface area (Å²) in [6.45, 7) is 2.90. The van der Waals surface area contributed by atoms with Gasteiger partial charge >= 0.3 is 114 Å². The molecule has 0 spiro atoms. The van der Waals surface area contributed by atoms with Crippen molar-refractivity contribution in [2.75, 3.05) is 13.2 Å². The van der Waals surface area contributed by atoms with Crippen LogP contribution in [0, 0.1) is 0 Å². The van der Waals surface area contributed by atoms with Crippen molar-refractivity contribution in [3.63, 3.8) is 0 Å². The van der Waals surface area contributed by atoms with Crippen LogP contribution in [0.3, 0.4) is 0 Å². The third-order valence-corrected chi connectivity index (χ3v) is 7.98. The molecule has 0 amide bonds. The topological polar surface area (TPSA) is 55.8 Å². The van der Waals surface area contributed by atoms with Crippen LogP contribution in [0.2, 0.25) is 22.3 Å². The fourth-order valence-corrected chi connectivity index (χ4v) is 4.65. The Bertz CT molecular complexity index is 318. The van der Waals surface area contributed by atoms with E-state index in [4.69, 9.17) is 9.05 Å². The normalized spacial score (nSPS) is 14.8. The van der Waals surface area contributed by atoms with Gasteiger partial charge in [0.25, 0.3) is 0 Å². The molecule has 141 valence electrons. The fourth-order valence-electron chi connectivity index (χ4n) is 2.24. The summed E-state index contributed by atoms with van der Waals surface area (Å²) in [7, 11) is -3.83. The summed E-state index contributed by atoms with van der Waals surface area (Å²) in [6.07, 6.45) is 12.4. The van der Waals surface area contributed by atoms with Crippen LogP contribution in [-0.4, -0.2) is 31.7 Å². The molecular weight excluding hydrogens is 374 g/mol. The first-order chi connectivity index (χ1) is 10.8. The molecular formula is C17H39AsO4P. The van der Waals surface area contributed by atoms with Crippen LogP contribution in [0.4, 0.5) is 0 Å². The molecule has 6 heteroatoms. The molecule has 0 aliphatic carbocycles. The van der Waals surface area contributed by atoms with E-state index >= 15 is 0 Å². The zero-order valence-corrected chi connectivity index (χ0v) is 18.5. The van der Waals surface area contributed by atoms with Crippen molar-refractivity contribution in [2.45, 2.75) is 93.5 Å². The molecule has 0 heterocycles. The SMILES string of the molecule is CCCCCCCCCCCCOP(=O)(O)OCC[As](C)(C)C. The minimum absolute atomic E-state index is 0.319. The Balaban J connectivity index is 3.40. The third-order valence-electron chi connectivity index (χ3n) is 3.77. The molecule has 0 aliphatic heterocycles. The van der Waals surface area contributed by atoms with Crippen molar-refractivity contribution in [1.82, 2.24) is 0 Å². The van der Waals surface area contributed by atoms with Gasteiger partial charge in [-0.2, -0.15) is 0 Å². The molecule has 4 nitrogen and oxygen atoms in total. The molecule has 1 N–H and O–H groups in total. The van der Waals surface area contributed by atoms with Crippen molar-refractivity contribution < 1.29 is 18.5 Å². The van der Waals surface area contributed by atoms with Gasteiger partial charge in [-0.3, -0.25) is 0 Å². The molecule has 0 aliphatic rings. The zero-order valence-electron chi connectivity index (χ0n) is 15.8. The van der Waals surface area contributed by atoms with E-state index in [-0.39, 0.29) is 0 Å². The first kappa shape index (κ1) is 23.7. The first-order valence-corrected chi connectivity index (χ1v) is 17.6. The summed E-state index contributed by atoms with van der Waals surface area (Å²) in [4.78, 5) is 9.59. The van der Waals surface area contributed by atoms with Crippen LogP contribution >= 0.6 is 7.82 Å². The van der Waals surface area contributed by atoms with Crippen molar-refractivity contribution in [1.29, 1.82) is 0 Å². The quantitative estimate of drug-likeness (QED) is 0.181. The summed E-state index contributed by atoms with van der Waals surface area (Å²) < 4.78 is 21.7. The van der Waals surface area contributed by atoms with Crippen LogP contribution in [0.1, 0.15) is 71.1 Å². The van der Waals surface area contributed by atoms with Crippen molar-refractivity contribution >= 4 is 21.4 Å². The van der Waals surface area contributed by atoms with E-state index in [0.717, 1.165) is 18.1 Å². The first-order valence-electron chi connectivity index (χ1n) is 9.19. The standard InChI is InChI=1S/C17H39AsO4P/c1-5-6-7-8-9-10-11-12-13-14-16-21-23(19,20)22-17-15-18(2,3)4/h5-17H2,1-4H3,(H,19,20). The average molecular weight is 413 g/mol. The molecule has 0 bridgehead atoms. The summed E-state index contributed by atoms with van der Waals surface area (Å²) in [5, 5.41) is 0.907. The predicted molar refractivity (Wildman–Crippen MR) is 102 cm³/mol. The number of phosphoric acid groups is 1. The summed E-state index contributed by atoms with van der Waals surface area (Å²) in [5.41, 5.74) is 6.73. The van der Waals surface area contributed by atoms with E-state index in [9.17, 15) is 9.46 Å². The van der Waals surface area contributed by atoms with Crippen LogP contribution < -0.4 is 0 Å². The molecule has 1 radical (unpaired) electrons. The van der Waals surface area contributed by atoms with Crippen LogP contribution in [0.15, 0.2) is 0 Å². The molecule has 0 aromatic rings. The minimum atomic E-state index is -3.83. The second kappa shape index (κ2) is 13.9. The molecule has 0 saturated carbocycles. The molecule has 0 aromatic heterocycles. The molecule has 1 unspecified atom stereocenters. The Morgan fingerprint density at radius 2 is 1.22 bits per heavy atom. The molecule has 0 rings (SSSR count). The Morgan fingerprint density at radius 3 is 1.70 bits per heavy atom. The number of hydrogen-bond acceptors (Lipinski definition) is 3. The van der Waals surface area contributed by atoms with Gasteiger partial charge in [0.2, 0.25) is 0 Å². The van der Waals surface area contributed by atoms with Gasteiger partial charge in [0, 0.05) is 0 Å². The Labute approximate surface area is 146 Å². The third kappa shape index (κ3) is 18.8. The molecule has 0 fully saturated rings. The molecule has 23 heavy (non-hydrogen) atoms. The maximum absolute atomic E-state index is 11.7. The fraction of sp³-hybridized carbons (Fsp3) is 1.00. The van der Waals surface area contributed by atoms with Gasteiger partial charge in [-0.25, -0.2) is 0 Å². The van der Waals surface area contributed by atoms with Crippen molar-refractivity contribution in [3.05, 3.63) is 0 Å². The van der Waals surface area contributed by atoms with E-state index in [1.54, 1.807) is 0 Å². The zero-order chi connectivity index (χ0) is 17.6. The Hall–Kier alpha value is 0.668. The van der Waals surface area contributed by atoms with Gasteiger partial charge in [0.05, 0.1) is 0 Å². The van der Waals surface area contributed by atoms with Crippen molar-refractivity contribution in [3.8, 4) is 0 Å². The van der Waals surface area contributed by atoms with Gasteiger partial charge in [-0.15, -0.1) is 0 Å². The van der Waals surface area contributed by atoms with Crippen LogP contribution in [0.5, 0.6) is 0 Å². The van der Waals surface area contributed by atoms with Gasteiger partial charge in [0.1, 0.15) is 0 Å². The predicted octanol–water partition coefficient (Wildman–Crippen LogP) is 6.38. The van der Waals surface area contributed by atoms with Gasteiger partial charge in [-0.1, -0.05) is 32.6 Å².